The molecule has 0 unspecified atom stereocenters. The number of fused-ring (bicyclic) bond motifs is 1. The van der Waals surface area contributed by atoms with Crippen LogP contribution >= 0.6 is 12.4 Å². The SMILES string of the molecule is Cl.O=C1C[C@H]2NCCC[C@H]2N1. The van der Waals surface area contributed by atoms with Crippen LogP contribution < -0.4 is 10.6 Å². The number of halogens is 1. The molecule has 2 rings (SSSR count). The Bertz CT molecular complexity index is 147. The van der Waals surface area contributed by atoms with E-state index in [9.17, 15) is 4.79 Å². The minimum absolute atomic E-state index is 0. The molecule has 0 aromatic rings. The maximum absolute atomic E-state index is 10.9. The van der Waals surface area contributed by atoms with Crippen LogP contribution in [0.5, 0.6) is 0 Å². The van der Waals surface area contributed by atoms with Crippen molar-refractivity contribution >= 4 is 18.3 Å². The van der Waals surface area contributed by atoms with Crippen molar-refractivity contribution < 1.29 is 4.79 Å². The minimum atomic E-state index is 0. The minimum Gasteiger partial charge on any atom is -0.352 e. The highest BCUT2D eigenvalue weighted by Crippen LogP contribution is 2.16. The molecule has 0 spiro atoms. The fourth-order valence-corrected chi connectivity index (χ4v) is 1.81. The van der Waals surface area contributed by atoms with E-state index in [1.807, 2.05) is 0 Å². The van der Waals surface area contributed by atoms with Crippen molar-refractivity contribution in [1.82, 2.24) is 10.6 Å². The van der Waals surface area contributed by atoms with Crippen molar-refractivity contribution in [2.45, 2.75) is 31.3 Å². The van der Waals surface area contributed by atoms with Crippen LogP contribution in [0.25, 0.3) is 0 Å². The van der Waals surface area contributed by atoms with Crippen LogP contribution in [-0.4, -0.2) is 24.5 Å². The van der Waals surface area contributed by atoms with Gasteiger partial charge in [0.25, 0.3) is 0 Å². The highest BCUT2D eigenvalue weighted by atomic mass is 35.5. The third kappa shape index (κ3) is 1.65. The zero-order valence-corrected chi connectivity index (χ0v) is 7.12. The van der Waals surface area contributed by atoms with Crippen LogP contribution in [0.15, 0.2) is 0 Å². The Morgan fingerprint density at radius 2 is 2.18 bits per heavy atom. The molecule has 4 heteroatoms. The van der Waals surface area contributed by atoms with Gasteiger partial charge >= 0.3 is 0 Å². The number of nitrogens with one attached hydrogen (secondary N) is 2. The first-order chi connectivity index (χ1) is 4.86. The molecule has 2 aliphatic rings. The Hall–Kier alpha value is -0.280. The molecule has 0 saturated carbocycles. The van der Waals surface area contributed by atoms with Gasteiger partial charge in [-0.3, -0.25) is 4.79 Å². The van der Waals surface area contributed by atoms with Gasteiger partial charge in [-0.05, 0) is 19.4 Å². The van der Waals surface area contributed by atoms with E-state index >= 15 is 0 Å². The Morgan fingerprint density at radius 1 is 1.36 bits per heavy atom. The summed E-state index contributed by atoms with van der Waals surface area (Å²) >= 11 is 0. The Kier molecular flexibility index (Phi) is 2.73. The highest BCUT2D eigenvalue weighted by Gasteiger charge is 2.33. The number of amides is 1. The molecule has 11 heavy (non-hydrogen) atoms. The molecular weight excluding hydrogens is 164 g/mol. The van der Waals surface area contributed by atoms with Crippen molar-refractivity contribution in [1.29, 1.82) is 0 Å². The summed E-state index contributed by atoms with van der Waals surface area (Å²) < 4.78 is 0. The third-order valence-electron chi connectivity index (χ3n) is 2.34. The topological polar surface area (TPSA) is 41.1 Å². The van der Waals surface area contributed by atoms with E-state index in [1.54, 1.807) is 0 Å². The number of piperidine rings is 1. The lowest BCUT2D eigenvalue weighted by Crippen LogP contribution is -2.45. The molecule has 2 saturated heterocycles. The van der Waals surface area contributed by atoms with Crippen molar-refractivity contribution in [3.05, 3.63) is 0 Å². The molecule has 3 nitrogen and oxygen atoms in total. The lowest BCUT2D eigenvalue weighted by Gasteiger charge is -2.25. The zero-order chi connectivity index (χ0) is 6.97. The first-order valence-corrected chi connectivity index (χ1v) is 3.89. The van der Waals surface area contributed by atoms with Crippen molar-refractivity contribution in [2.75, 3.05) is 6.54 Å². The predicted octanol–water partition coefficient (Wildman–Crippen LogP) is 0.0487. The van der Waals surface area contributed by atoms with Crippen LogP contribution in [0.2, 0.25) is 0 Å². The quantitative estimate of drug-likeness (QED) is 0.548. The third-order valence-corrected chi connectivity index (χ3v) is 2.34. The summed E-state index contributed by atoms with van der Waals surface area (Å²) in [5.74, 6) is 0.212. The second kappa shape index (κ2) is 3.41. The normalized spacial score (nSPS) is 35.5. The van der Waals surface area contributed by atoms with E-state index < -0.39 is 0 Å². The summed E-state index contributed by atoms with van der Waals surface area (Å²) in [5.41, 5.74) is 0. The van der Waals surface area contributed by atoms with Crippen LogP contribution in [0.4, 0.5) is 0 Å². The molecule has 1 amide bonds. The highest BCUT2D eigenvalue weighted by molar-refractivity contribution is 5.85. The maximum atomic E-state index is 10.9. The van der Waals surface area contributed by atoms with Gasteiger partial charge in [0, 0.05) is 18.5 Å². The summed E-state index contributed by atoms with van der Waals surface area (Å²) in [6, 6.07) is 0.863. The van der Waals surface area contributed by atoms with Gasteiger partial charge < -0.3 is 10.6 Å². The summed E-state index contributed by atoms with van der Waals surface area (Å²) in [5, 5.41) is 6.28. The number of carbonyl (C=O) groups excluding carboxylic acids is 1. The molecule has 2 aliphatic heterocycles. The Labute approximate surface area is 72.3 Å². The summed E-state index contributed by atoms with van der Waals surface area (Å²) in [7, 11) is 0. The lowest BCUT2D eigenvalue weighted by atomic mass is 10.0. The fourth-order valence-electron chi connectivity index (χ4n) is 1.81. The molecule has 2 fully saturated rings. The Balaban J connectivity index is 0.000000605. The fraction of sp³-hybridized carbons (Fsp3) is 0.857. The van der Waals surface area contributed by atoms with Gasteiger partial charge in [-0.15, -0.1) is 12.4 Å². The number of carbonyl (C=O) groups is 1. The van der Waals surface area contributed by atoms with E-state index in [0.717, 1.165) is 13.0 Å². The van der Waals surface area contributed by atoms with Crippen LogP contribution in [0.3, 0.4) is 0 Å². The van der Waals surface area contributed by atoms with E-state index in [0.29, 0.717) is 18.5 Å². The molecule has 0 bridgehead atoms. The largest absolute Gasteiger partial charge is 0.352 e. The summed E-state index contributed by atoms with van der Waals surface area (Å²) in [4.78, 5) is 10.9. The van der Waals surface area contributed by atoms with E-state index in [1.165, 1.54) is 6.42 Å². The molecule has 2 heterocycles. The van der Waals surface area contributed by atoms with Gasteiger partial charge in [0.15, 0.2) is 0 Å². The molecule has 2 N–H and O–H groups in total. The van der Waals surface area contributed by atoms with Gasteiger partial charge in [0.1, 0.15) is 0 Å². The van der Waals surface area contributed by atoms with Gasteiger partial charge in [-0.25, -0.2) is 0 Å². The van der Waals surface area contributed by atoms with Crippen LogP contribution in [-0.2, 0) is 4.79 Å². The van der Waals surface area contributed by atoms with Crippen molar-refractivity contribution in [3.8, 4) is 0 Å². The second-order valence-corrected chi connectivity index (χ2v) is 3.08. The average molecular weight is 177 g/mol. The van der Waals surface area contributed by atoms with Gasteiger partial charge in [-0.1, -0.05) is 0 Å². The Morgan fingerprint density at radius 3 is 2.91 bits per heavy atom. The standard InChI is InChI=1S/C7H12N2O.ClH/c10-7-4-6-5(9-7)2-1-3-8-6;/h5-6,8H,1-4H2,(H,9,10);1H/t5-,6-;/m1./s1. The monoisotopic (exact) mass is 176 g/mol. The van der Waals surface area contributed by atoms with Crippen molar-refractivity contribution in [2.24, 2.45) is 0 Å². The number of hydrogen-bond donors (Lipinski definition) is 2. The van der Waals surface area contributed by atoms with Gasteiger partial charge in [0.05, 0.1) is 0 Å². The predicted molar refractivity (Wildman–Crippen MR) is 44.8 cm³/mol. The summed E-state index contributed by atoms with van der Waals surface area (Å²) in [6.07, 6.45) is 3.04. The first kappa shape index (κ1) is 8.81. The van der Waals surface area contributed by atoms with Crippen LogP contribution in [0, 0.1) is 0 Å². The molecule has 64 valence electrons. The molecule has 0 aromatic heterocycles. The lowest BCUT2D eigenvalue weighted by molar-refractivity contribution is -0.119. The molecule has 0 radical (unpaired) electrons. The number of rotatable bonds is 0. The maximum Gasteiger partial charge on any atom is 0.221 e. The average Bonchev–Trinajstić information content (AvgIpc) is 2.27. The van der Waals surface area contributed by atoms with E-state index in [2.05, 4.69) is 10.6 Å². The smallest absolute Gasteiger partial charge is 0.221 e. The van der Waals surface area contributed by atoms with Crippen LogP contribution in [0.1, 0.15) is 19.3 Å². The second-order valence-electron chi connectivity index (χ2n) is 3.08. The van der Waals surface area contributed by atoms with Gasteiger partial charge in [-0.2, -0.15) is 0 Å². The first-order valence-electron chi connectivity index (χ1n) is 3.89. The van der Waals surface area contributed by atoms with E-state index in [-0.39, 0.29) is 18.3 Å². The van der Waals surface area contributed by atoms with Crippen molar-refractivity contribution in [3.63, 3.8) is 0 Å². The summed E-state index contributed by atoms with van der Waals surface area (Å²) in [6.45, 7) is 1.08. The van der Waals surface area contributed by atoms with E-state index in [4.69, 9.17) is 0 Å². The number of hydrogen-bond acceptors (Lipinski definition) is 2. The molecular formula is C7H13ClN2O. The molecule has 2 atom stereocenters. The molecule has 0 aromatic carbocycles. The zero-order valence-electron chi connectivity index (χ0n) is 6.30. The van der Waals surface area contributed by atoms with Gasteiger partial charge in [0.2, 0.25) is 5.91 Å². The molecule has 0 aliphatic carbocycles.